The molecule has 0 heterocycles. The summed E-state index contributed by atoms with van der Waals surface area (Å²) in [5.74, 6) is 0.439. The molecule has 8 heteroatoms. The monoisotopic (exact) mass is 495 g/mol. The molecule has 0 bridgehead atoms. The number of Topliss-reactive ketones (excluding diaryl/α,β-unsaturated/α-hetero) is 1. The van der Waals surface area contributed by atoms with Crippen molar-refractivity contribution in [3.63, 3.8) is 0 Å². The number of rotatable bonds is 9. The largest absolute Gasteiger partial charge is 0.489 e. The highest BCUT2D eigenvalue weighted by molar-refractivity contribution is 6.35. The van der Waals surface area contributed by atoms with Gasteiger partial charge >= 0.3 is 0 Å². The molecular formula is C23H17Cl4NO3. The fourth-order valence-electron chi connectivity index (χ4n) is 2.60. The van der Waals surface area contributed by atoms with E-state index in [0.717, 1.165) is 11.1 Å². The molecule has 31 heavy (non-hydrogen) atoms. The Labute approximate surface area is 200 Å². The van der Waals surface area contributed by atoms with Crippen molar-refractivity contribution in [2.75, 3.05) is 0 Å². The van der Waals surface area contributed by atoms with Crippen LogP contribution in [0.4, 0.5) is 0 Å². The molecule has 0 spiro atoms. The summed E-state index contributed by atoms with van der Waals surface area (Å²) in [4.78, 5) is 17.6. The predicted molar refractivity (Wildman–Crippen MR) is 126 cm³/mol. The quantitative estimate of drug-likeness (QED) is 0.173. The van der Waals surface area contributed by atoms with Gasteiger partial charge in [0.05, 0.1) is 6.21 Å². The van der Waals surface area contributed by atoms with Crippen molar-refractivity contribution in [2.24, 2.45) is 5.16 Å². The van der Waals surface area contributed by atoms with Gasteiger partial charge < -0.3 is 9.57 Å². The summed E-state index contributed by atoms with van der Waals surface area (Å²) in [5, 5.41) is 5.94. The van der Waals surface area contributed by atoms with E-state index in [0.29, 0.717) is 31.4 Å². The van der Waals surface area contributed by atoms with Crippen LogP contribution in [-0.2, 0) is 18.1 Å². The van der Waals surface area contributed by atoms with Gasteiger partial charge in [-0.3, -0.25) is 4.79 Å². The molecular weight excluding hydrogens is 480 g/mol. The van der Waals surface area contributed by atoms with Gasteiger partial charge in [0.15, 0.2) is 5.78 Å². The van der Waals surface area contributed by atoms with Crippen LogP contribution in [0.3, 0.4) is 0 Å². The first kappa shape index (κ1) is 23.4. The molecule has 0 radical (unpaired) electrons. The molecule has 3 rings (SSSR count). The van der Waals surface area contributed by atoms with Gasteiger partial charge in [-0.05, 0) is 36.4 Å². The highest BCUT2D eigenvalue weighted by Gasteiger charge is 2.08. The average molecular weight is 497 g/mol. The van der Waals surface area contributed by atoms with Crippen LogP contribution in [0, 0.1) is 0 Å². The standard InChI is InChI=1S/C23H17Cl4NO3/c24-18-6-4-16(21(26)11-18)13-30-20-3-1-2-15(10-20)23(29)8-9-28-31-14-17-5-7-19(25)12-22(17)27/h1-7,9-12H,8,13-14H2/b28-9+. The minimum Gasteiger partial charge on any atom is -0.489 e. The Morgan fingerprint density at radius 1 is 0.839 bits per heavy atom. The number of hydrogen-bond acceptors (Lipinski definition) is 4. The van der Waals surface area contributed by atoms with Crippen molar-refractivity contribution < 1.29 is 14.4 Å². The summed E-state index contributed by atoms with van der Waals surface area (Å²) in [6.45, 7) is 0.438. The lowest BCUT2D eigenvalue weighted by atomic mass is 10.1. The van der Waals surface area contributed by atoms with Crippen molar-refractivity contribution >= 4 is 58.4 Å². The highest BCUT2D eigenvalue weighted by atomic mass is 35.5. The molecule has 0 fully saturated rings. The fraction of sp³-hybridized carbons (Fsp3) is 0.130. The van der Waals surface area contributed by atoms with Crippen LogP contribution in [-0.4, -0.2) is 12.0 Å². The van der Waals surface area contributed by atoms with Crippen molar-refractivity contribution in [3.8, 4) is 5.75 Å². The normalized spacial score (nSPS) is 11.0. The van der Waals surface area contributed by atoms with E-state index >= 15 is 0 Å². The lowest BCUT2D eigenvalue weighted by Crippen LogP contribution is -2.02. The molecule has 3 aromatic rings. The minimum absolute atomic E-state index is 0.0841. The maximum absolute atomic E-state index is 12.4. The molecule has 0 aliphatic rings. The van der Waals surface area contributed by atoms with Crippen LogP contribution in [0.1, 0.15) is 27.9 Å². The van der Waals surface area contributed by atoms with Gasteiger partial charge in [-0.2, -0.15) is 0 Å². The third-order valence-electron chi connectivity index (χ3n) is 4.23. The van der Waals surface area contributed by atoms with Gasteiger partial charge in [-0.15, -0.1) is 0 Å². The first-order valence-electron chi connectivity index (χ1n) is 9.20. The highest BCUT2D eigenvalue weighted by Crippen LogP contribution is 2.24. The number of ketones is 1. The number of oxime groups is 1. The van der Waals surface area contributed by atoms with E-state index < -0.39 is 0 Å². The Balaban J connectivity index is 1.50. The lowest BCUT2D eigenvalue weighted by Gasteiger charge is -2.09. The second-order valence-corrected chi connectivity index (χ2v) is 8.16. The van der Waals surface area contributed by atoms with Crippen LogP contribution >= 0.6 is 46.4 Å². The second kappa shape index (κ2) is 11.4. The number of carbonyl (C=O) groups excluding carboxylic acids is 1. The third kappa shape index (κ3) is 7.15. The maximum atomic E-state index is 12.4. The van der Waals surface area contributed by atoms with Gasteiger partial charge in [-0.1, -0.05) is 75.8 Å². The maximum Gasteiger partial charge on any atom is 0.168 e. The molecule has 0 saturated carbocycles. The molecule has 3 aromatic carbocycles. The smallest absolute Gasteiger partial charge is 0.168 e. The minimum atomic E-state index is -0.119. The molecule has 0 amide bonds. The van der Waals surface area contributed by atoms with E-state index in [2.05, 4.69) is 5.16 Å². The average Bonchev–Trinajstić information content (AvgIpc) is 2.74. The summed E-state index contributed by atoms with van der Waals surface area (Å²) in [5.41, 5.74) is 2.06. The van der Waals surface area contributed by atoms with Crippen LogP contribution in [0.25, 0.3) is 0 Å². The topological polar surface area (TPSA) is 47.9 Å². The Bertz CT molecular complexity index is 1100. The Morgan fingerprint density at radius 2 is 1.48 bits per heavy atom. The fourth-order valence-corrected chi connectivity index (χ4v) is 3.52. The summed E-state index contributed by atoms with van der Waals surface area (Å²) < 4.78 is 5.76. The van der Waals surface area contributed by atoms with Gasteiger partial charge in [0.1, 0.15) is 19.0 Å². The summed E-state index contributed by atoms with van der Waals surface area (Å²) in [7, 11) is 0. The van der Waals surface area contributed by atoms with E-state index in [9.17, 15) is 4.79 Å². The van der Waals surface area contributed by atoms with Gasteiger partial charge in [0.2, 0.25) is 0 Å². The van der Waals surface area contributed by atoms with Crippen molar-refractivity contribution in [3.05, 3.63) is 97.4 Å². The lowest BCUT2D eigenvalue weighted by molar-refractivity contribution is 0.0995. The first-order valence-corrected chi connectivity index (χ1v) is 10.7. The van der Waals surface area contributed by atoms with Gasteiger partial charge in [-0.25, -0.2) is 0 Å². The van der Waals surface area contributed by atoms with Crippen molar-refractivity contribution in [1.82, 2.24) is 0 Å². The number of hydrogen-bond donors (Lipinski definition) is 0. The number of halogens is 4. The molecule has 0 atom stereocenters. The molecule has 0 aliphatic carbocycles. The van der Waals surface area contributed by atoms with E-state index in [1.54, 1.807) is 60.7 Å². The second-order valence-electron chi connectivity index (χ2n) is 6.48. The first-order chi connectivity index (χ1) is 14.9. The number of carbonyl (C=O) groups is 1. The molecule has 0 N–H and O–H groups in total. The zero-order valence-electron chi connectivity index (χ0n) is 16.2. The van der Waals surface area contributed by atoms with E-state index in [1.165, 1.54) is 6.21 Å². The zero-order valence-corrected chi connectivity index (χ0v) is 19.2. The molecule has 0 saturated heterocycles. The Morgan fingerprint density at radius 3 is 2.13 bits per heavy atom. The number of benzene rings is 3. The predicted octanol–water partition coefficient (Wildman–Crippen LogP) is 7.65. The van der Waals surface area contributed by atoms with Crippen LogP contribution < -0.4 is 4.74 Å². The van der Waals surface area contributed by atoms with Crippen LogP contribution in [0.2, 0.25) is 20.1 Å². The molecule has 0 aromatic heterocycles. The summed E-state index contributed by atoms with van der Waals surface area (Å²) >= 11 is 24.0. The third-order valence-corrected chi connectivity index (χ3v) is 5.40. The SMILES string of the molecule is O=C(C/C=N/OCc1ccc(Cl)cc1Cl)c1cccc(OCc2ccc(Cl)cc2Cl)c1. The van der Waals surface area contributed by atoms with E-state index in [-0.39, 0.29) is 25.4 Å². The molecule has 0 unspecified atom stereocenters. The molecule has 4 nitrogen and oxygen atoms in total. The summed E-state index contributed by atoms with van der Waals surface area (Å²) in [6, 6.07) is 17.2. The zero-order chi connectivity index (χ0) is 22.2. The van der Waals surface area contributed by atoms with E-state index in [1.807, 2.05) is 0 Å². The Kier molecular flexibility index (Phi) is 8.61. The number of nitrogens with zero attached hydrogens (tertiary/aromatic N) is 1. The molecule has 0 aliphatic heterocycles. The van der Waals surface area contributed by atoms with Crippen LogP contribution in [0.15, 0.2) is 65.8 Å². The van der Waals surface area contributed by atoms with Crippen molar-refractivity contribution in [2.45, 2.75) is 19.6 Å². The van der Waals surface area contributed by atoms with Crippen LogP contribution in [0.5, 0.6) is 5.75 Å². The number of ether oxygens (including phenoxy) is 1. The van der Waals surface area contributed by atoms with Gasteiger partial charge in [0, 0.05) is 43.2 Å². The van der Waals surface area contributed by atoms with E-state index in [4.69, 9.17) is 56.0 Å². The summed E-state index contributed by atoms with van der Waals surface area (Å²) in [6.07, 6.45) is 1.49. The Hall–Kier alpha value is -2.24. The molecule has 160 valence electrons. The van der Waals surface area contributed by atoms with Gasteiger partial charge in [0.25, 0.3) is 0 Å². The van der Waals surface area contributed by atoms with Crippen molar-refractivity contribution in [1.29, 1.82) is 0 Å².